The molecule has 0 unspecified atom stereocenters. The average molecular weight is 364 g/mol. The van der Waals surface area contributed by atoms with Gasteiger partial charge in [0, 0.05) is 38.7 Å². The monoisotopic (exact) mass is 364 g/mol. The maximum Gasteiger partial charge on any atom is 0.243 e. The number of carbonyl (C=O) groups excluding carboxylic acids is 1. The van der Waals surface area contributed by atoms with Gasteiger partial charge in [0.1, 0.15) is 0 Å². The molecule has 0 atom stereocenters. The van der Waals surface area contributed by atoms with Gasteiger partial charge in [-0.15, -0.1) is 0 Å². The van der Waals surface area contributed by atoms with Crippen LogP contribution in [0.25, 0.3) is 0 Å². The number of rotatable bonds is 5. The highest BCUT2D eigenvalue weighted by Crippen LogP contribution is 2.19. The lowest BCUT2D eigenvalue weighted by molar-refractivity contribution is 0.101. The van der Waals surface area contributed by atoms with Crippen molar-refractivity contribution in [2.75, 3.05) is 26.2 Å². The molecule has 1 aromatic carbocycles. The van der Waals surface area contributed by atoms with E-state index >= 15 is 0 Å². The first-order valence-corrected chi connectivity index (χ1v) is 9.43. The summed E-state index contributed by atoms with van der Waals surface area (Å²) in [6.07, 6.45) is 0. The van der Waals surface area contributed by atoms with Crippen LogP contribution in [0.3, 0.4) is 0 Å². The maximum absolute atomic E-state index is 12.8. The highest BCUT2D eigenvalue weighted by atomic mass is 32.2. The highest BCUT2D eigenvalue weighted by Gasteiger charge is 2.29. The molecule has 1 aromatic heterocycles. The molecule has 0 bridgehead atoms. The fourth-order valence-electron chi connectivity index (χ4n) is 2.76. The fraction of sp³-hybridized carbons (Fsp3) is 0.438. The van der Waals surface area contributed by atoms with Crippen LogP contribution in [0.5, 0.6) is 0 Å². The average Bonchev–Trinajstić information content (AvgIpc) is 3.00. The van der Waals surface area contributed by atoms with Crippen LogP contribution < -0.4 is 0 Å². The van der Waals surface area contributed by atoms with Gasteiger partial charge in [-0.05, 0) is 19.1 Å². The van der Waals surface area contributed by atoms with Crippen molar-refractivity contribution in [2.45, 2.75) is 25.3 Å². The molecular weight excluding hydrogens is 344 g/mol. The third-order valence-corrected chi connectivity index (χ3v) is 6.04. The van der Waals surface area contributed by atoms with Gasteiger partial charge in [0.15, 0.2) is 11.6 Å². The zero-order chi connectivity index (χ0) is 18.0. The summed E-state index contributed by atoms with van der Waals surface area (Å²) in [5.74, 6) is 0.960. The molecule has 1 saturated heterocycles. The first-order chi connectivity index (χ1) is 11.9. The van der Waals surface area contributed by atoms with Gasteiger partial charge >= 0.3 is 0 Å². The van der Waals surface area contributed by atoms with E-state index < -0.39 is 10.0 Å². The fourth-order valence-corrected chi connectivity index (χ4v) is 4.23. The minimum Gasteiger partial charge on any atom is -0.340 e. The predicted octanol–water partition coefficient (Wildman–Crippen LogP) is 1.09. The summed E-state index contributed by atoms with van der Waals surface area (Å²) >= 11 is 0. The molecule has 0 spiro atoms. The first kappa shape index (κ1) is 17.7. The SMILES string of the molecule is CC(=O)c1cccc(S(=O)(=O)N2CCN(Cc3noc(C)n3)CC2)c1. The lowest BCUT2D eigenvalue weighted by atomic mass is 10.2. The molecule has 25 heavy (non-hydrogen) atoms. The van der Waals surface area contributed by atoms with Crippen LogP contribution in [-0.2, 0) is 16.6 Å². The van der Waals surface area contributed by atoms with Crippen LogP contribution in [0.15, 0.2) is 33.7 Å². The number of hydrogen-bond acceptors (Lipinski definition) is 7. The Labute approximate surface area is 146 Å². The summed E-state index contributed by atoms with van der Waals surface area (Å²) in [6.45, 7) is 5.61. The van der Waals surface area contributed by atoms with E-state index in [4.69, 9.17) is 4.52 Å². The maximum atomic E-state index is 12.8. The van der Waals surface area contributed by atoms with Crippen molar-refractivity contribution in [3.63, 3.8) is 0 Å². The summed E-state index contributed by atoms with van der Waals surface area (Å²) in [4.78, 5) is 17.9. The van der Waals surface area contributed by atoms with E-state index in [0.29, 0.717) is 50.0 Å². The summed E-state index contributed by atoms with van der Waals surface area (Å²) < 4.78 is 32.0. The molecule has 0 radical (unpaired) electrons. The normalized spacial score (nSPS) is 16.9. The van der Waals surface area contributed by atoms with E-state index in [0.717, 1.165) is 0 Å². The smallest absolute Gasteiger partial charge is 0.243 e. The number of benzene rings is 1. The number of sulfonamides is 1. The number of ketones is 1. The van der Waals surface area contributed by atoms with Crippen LogP contribution in [-0.4, -0.2) is 59.7 Å². The second-order valence-corrected chi connectivity index (χ2v) is 7.93. The van der Waals surface area contributed by atoms with Gasteiger partial charge in [-0.1, -0.05) is 17.3 Å². The summed E-state index contributed by atoms with van der Waals surface area (Å²) in [5, 5.41) is 3.86. The largest absolute Gasteiger partial charge is 0.340 e. The van der Waals surface area contributed by atoms with Crippen molar-refractivity contribution < 1.29 is 17.7 Å². The zero-order valence-electron chi connectivity index (χ0n) is 14.2. The van der Waals surface area contributed by atoms with Gasteiger partial charge in [0.25, 0.3) is 0 Å². The quantitative estimate of drug-likeness (QED) is 0.733. The third-order valence-electron chi connectivity index (χ3n) is 4.14. The molecule has 0 aliphatic carbocycles. The molecule has 8 nitrogen and oxygen atoms in total. The molecule has 134 valence electrons. The second-order valence-electron chi connectivity index (χ2n) is 5.99. The Hall–Kier alpha value is -2.10. The van der Waals surface area contributed by atoms with Gasteiger partial charge < -0.3 is 4.52 Å². The van der Waals surface area contributed by atoms with E-state index in [9.17, 15) is 13.2 Å². The van der Waals surface area contributed by atoms with Crippen molar-refractivity contribution in [3.05, 3.63) is 41.5 Å². The number of hydrogen-bond donors (Lipinski definition) is 0. The zero-order valence-corrected chi connectivity index (χ0v) is 15.0. The van der Waals surface area contributed by atoms with Gasteiger partial charge in [-0.2, -0.15) is 9.29 Å². The number of piperazine rings is 1. The number of Topliss-reactive ketones (excluding diaryl/α,β-unsaturated/α-hetero) is 1. The van der Waals surface area contributed by atoms with E-state index in [1.807, 2.05) is 0 Å². The predicted molar refractivity (Wildman–Crippen MR) is 89.5 cm³/mol. The van der Waals surface area contributed by atoms with Crippen molar-refractivity contribution in [1.82, 2.24) is 19.3 Å². The first-order valence-electron chi connectivity index (χ1n) is 7.99. The van der Waals surface area contributed by atoms with E-state index in [1.165, 1.54) is 23.4 Å². The van der Waals surface area contributed by atoms with Gasteiger partial charge in [0.05, 0.1) is 11.4 Å². The number of aryl methyl sites for hydroxylation is 1. The van der Waals surface area contributed by atoms with Crippen LogP contribution in [0.1, 0.15) is 29.0 Å². The topological polar surface area (TPSA) is 96.6 Å². The number of nitrogens with zero attached hydrogens (tertiary/aromatic N) is 4. The van der Waals surface area contributed by atoms with Crippen molar-refractivity contribution >= 4 is 15.8 Å². The lowest BCUT2D eigenvalue weighted by Crippen LogP contribution is -2.48. The Bertz CT molecular complexity index is 870. The Morgan fingerprint density at radius 2 is 1.96 bits per heavy atom. The third kappa shape index (κ3) is 3.94. The van der Waals surface area contributed by atoms with Crippen LogP contribution >= 0.6 is 0 Å². The molecule has 2 heterocycles. The Morgan fingerprint density at radius 1 is 1.24 bits per heavy atom. The van der Waals surface area contributed by atoms with Crippen molar-refractivity contribution in [3.8, 4) is 0 Å². The Balaban J connectivity index is 1.67. The molecule has 9 heteroatoms. The van der Waals surface area contributed by atoms with Crippen molar-refractivity contribution in [1.29, 1.82) is 0 Å². The van der Waals surface area contributed by atoms with Gasteiger partial charge in [0.2, 0.25) is 15.9 Å². The van der Waals surface area contributed by atoms with E-state index in [2.05, 4.69) is 15.0 Å². The molecular formula is C16H20N4O4S. The van der Waals surface area contributed by atoms with Gasteiger partial charge in [-0.25, -0.2) is 8.42 Å². The summed E-state index contributed by atoms with van der Waals surface area (Å²) in [7, 11) is -3.61. The number of carbonyl (C=O) groups is 1. The van der Waals surface area contributed by atoms with Crippen LogP contribution in [0.4, 0.5) is 0 Å². The molecule has 2 aromatic rings. The van der Waals surface area contributed by atoms with E-state index in [-0.39, 0.29) is 10.7 Å². The summed E-state index contributed by atoms with van der Waals surface area (Å²) in [5.41, 5.74) is 0.396. The molecule has 0 amide bonds. The molecule has 0 N–H and O–H groups in total. The molecule has 1 fully saturated rings. The standard InChI is InChI=1S/C16H20N4O4S/c1-12(21)14-4-3-5-15(10-14)25(22,23)20-8-6-19(7-9-20)11-16-17-13(2)24-18-16/h3-5,10H,6-9,11H2,1-2H3. The number of aromatic nitrogens is 2. The molecule has 0 saturated carbocycles. The minimum atomic E-state index is -3.61. The molecule has 3 rings (SSSR count). The lowest BCUT2D eigenvalue weighted by Gasteiger charge is -2.33. The highest BCUT2D eigenvalue weighted by molar-refractivity contribution is 7.89. The second kappa shape index (κ2) is 7.03. The Morgan fingerprint density at radius 3 is 2.56 bits per heavy atom. The Kier molecular flexibility index (Phi) is 4.98. The van der Waals surface area contributed by atoms with Crippen LogP contribution in [0.2, 0.25) is 0 Å². The van der Waals surface area contributed by atoms with Crippen LogP contribution in [0, 0.1) is 6.92 Å². The minimum absolute atomic E-state index is 0.155. The van der Waals surface area contributed by atoms with E-state index in [1.54, 1.807) is 19.1 Å². The molecule has 1 aliphatic rings. The molecule has 1 aliphatic heterocycles. The van der Waals surface area contributed by atoms with Crippen molar-refractivity contribution in [2.24, 2.45) is 0 Å². The van der Waals surface area contributed by atoms with Gasteiger partial charge in [-0.3, -0.25) is 9.69 Å². The summed E-state index contributed by atoms with van der Waals surface area (Å²) in [6, 6.07) is 6.17.